The highest BCUT2D eigenvalue weighted by molar-refractivity contribution is 6.00. The van der Waals surface area contributed by atoms with E-state index >= 15 is 0 Å². The smallest absolute Gasteiger partial charge is 0.274 e. The van der Waals surface area contributed by atoms with Gasteiger partial charge >= 0.3 is 0 Å². The topological polar surface area (TPSA) is 79.7 Å². The Morgan fingerprint density at radius 1 is 1.25 bits per heavy atom. The quantitative estimate of drug-likeness (QED) is 0.754. The highest BCUT2D eigenvalue weighted by Gasteiger charge is 2.25. The van der Waals surface area contributed by atoms with Gasteiger partial charge in [-0.3, -0.25) is 14.0 Å². The molecule has 1 aliphatic carbocycles. The molecule has 0 atom stereocenters. The molecule has 28 heavy (non-hydrogen) atoms. The lowest BCUT2D eigenvalue weighted by molar-refractivity contribution is 0.0824. The van der Waals surface area contributed by atoms with E-state index in [1.54, 1.807) is 27.3 Å². The summed E-state index contributed by atoms with van der Waals surface area (Å²) in [6, 6.07) is 3.54. The molecule has 1 amide bonds. The first kappa shape index (κ1) is 18.5. The number of nitrogens with zero attached hydrogens (tertiary/aromatic N) is 3. The Labute approximate surface area is 163 Å². The van der Waals surface area contributed by atoms with Gasteiger partial charge in [-0.25, -0.2) is 4.98 Å². The van der Waals surface area contributed by atoms with E-state index in [0.717, 1.165) is 29.9 Å². The zero-order chi connectivity index (χ0) is 20.0. The number of rotatable bonds is 3. The Morgan fingerprint density at radius 3 is 2.61 bits per heavy atom. The molecule has 0 aliphatic heterocycles. The number of hydrogen-bond donors (Lipinski definition) is 1. The molecule has 1 fully saturated rings. The predicted octanol–water partition coefficient (Wildman–Crippen LogP) is 3.24. The minimum atomic E-state index is -0.187. The van der Waals surface area contributed by atoms with Gasteiger partial charge in [-0.05, 0) is 25.8 Å². The molecular formula is C21H26N4O3. The second-order valence-electron chi connectivity index (χ2n) is 7.80. The molecule has 7 heteroatoms. The van der Waals surface area contributed by atoms with Crippen LogP contribution in [0, 0.1) is 6.92 Å². The maximum atomic E-state index is 12.8. The molecule has 1 aromatic carbocycles. The summed E-state index contributed by atoms with van der Waals surface area (Å²) in [6.07, 6.45) is 5.79. The number of ether oxygens (including phenoxy) is 1. The number of methoxy groups -OCH3 is 1. The van der Waals surface area contributed by atoms with Crippen molar-refractivity contribution in [1.29, 1.82) is 0 Å². The van der Waals surface area contributed by atoms with Gasteiger partial charge in [-0.15, -0.1) is 0 Å². The molecule has 2 heterocycles. The van der Waals surface area contributed by atoms with Gasteiger partial charge < -0.3 is 14.6 Å². The van der Waals surface area contributed by atoms with E-state index in [-0.39, 0.29) is 11.5 Å². The van der Waals surface area contributed by atoms with Crippen LogP contribution in [0.25, 0.3) is 16.6 Å². The van der Waals surface area contributed by atoms with Crippen molar-refractivity contribution < 1.29 is 9.53 Å². The molecule has 0 spiro atoms. The van der Waals surface area contributed by atoms with Gasteiger partial charge in [0.1, 0.15) is 17.1 Å². The number of benzene rings is 1. The first-order chi connectivity index (χ1) is 13.4. The van der Waals surface area contributed by atoms with Crippen LogP contribution in [0.15, 0.2) is 16.9 Å². The van der Waals surface area contributed by atoms with E-state index in [9.17, 15) is 9.59 Å². The van der Waals surface area contributed by atoms with E-state index < -0.39 is 0 Å². The number of H-pyrrole nitrogens is 1. The summed E-state index contributed by atoms with van der Waals surface area (Å²) in [5.74, 6) is 1.60. The number of carbonyl (C=O) groups excluding carboxylic acids is 1. The summed E-state index contributed by atoms with van der Waals surface area (Å²) < 4.78 is 7.50. The highest BCUT2D eigenvalue weighted by atomic mass is 16.5. The molecule has 1 aliphatic rings. The Hall–Kier alpha value is -2.83. The Kier molecular flexibility index (Phi) is 4.61. The number of nitrogens with one attached hydrogen (secondary N) is 1. The standard InChI is InChI=1S/C21H26N4O3/c1-12-18-20(26)23-15-10-14(21(27)24(2)3)17(28-4)11-16(15)25(18)19(22-12)13-8-6-5-7-9-13/h10-11,13H,5-9H2,1-4H3,(H,23,26). The molecule has 7 nitrogen and oxygen atoms in total. The van der Waals surface area contributed by atoms with Crippen LogP contribution >= 0.6 is 0 Å². The summed E-state index contributed by atoms with van der Waals surface area (Å²) in [5.41, 5.74) is 2.96. The van der Waals surface area contributed by atoms with E-state index in [1.165, 1.54) is 24.2 Å². The summed E-state index contributed by atoms with van der Waals surface area (Å²) >= 11 is 0. The van der Waals surface area contributed by atoms with Crippen molar-refractivity contribution in [3.8, 4) is 5.75 Å². The Balaban J connectivity index is 2.05. The minimum Gasteiger partial charge on any atom is -0.496 e. The van der Waals surface area contributed by atoms with Crippen molar-refractivity contribution >= 4 is 22.5 Å². The first-order valence-corrected chi connectivity index (χ1v) is 9.77. The average Bonchev–Trinajstić information content (AvgIpc) is 3.05. The Bertz CT molecular complexity index is 1120. The lowest BCUT2D eigenvalue weighted by atomic mass is 9.88. The lowest BCUT2D eigenvalue weighted by Gasteiger charge is -2.21. The molecule has 0 radical (unpaired) electrons. The third-order valence-electron chi connectivity index (χ3n) is 5.71. The number of carbonyl (C=O) groups is 1. The number of aromatic nitrogens is 3. The van der Waals surface area contributed by atoms with Crippen molar-refractivity contribution in [3.63, 3.8) is 0 Å². The fourth-order valence-corrected chi connectivity index (χ4v) is 4.31. The van der Waals surface area contributed by atoms with Crippen LogP contribution < -0.4 is 10.3 Å². The molecule has 0 saturated heterocycles. The van der Waals surface area contributed by atoms with Gasteiger partial charge in [0.15, 0.2) is 0 Å². The number of aryl methyl sites for hydroxylation is 1. The number of imidazole rings is 1. The summed E-state index contributed by atoms with van der Waals surface area (Å²) in [5, 5.41) is 0. The van der Waals surface area contributed by atoms with E-state index in [1.807, 2.05) is 17.4 Å². The zero-order valence-corrected chi connectivity index (χ0v) is 16.8. The third kappa shape index (κ3) is 2.85. The summed E-state index contributed by atoms with van der Waals surface area (Å²) in [4.78, 5) is 34.6. The largest absolute Gasteiger partial charge is 0.496 e. The van der Waals surface area contributed by atoms with Gasteiger partial charge in [-0.2, -0.15) is 0 Å². The van der Waals surface area contributed by atoms with Crippen molar-refractivity contribution in [2.75, 3.05) is 21.2 Å². The van der Waals surface area contributed by atoms with Gasteiger partial charge in [0, 0.05) is 26.1 Å². The third-order valence-corrected chi connectivity index (χ3v) is 5.71. The average molecular weight is 382 g/mol. The predicted molar refractivity (Wildman–Crippen MR) is 108 cm³/mol. The van der Waals surface area contributed by atoms with Crippen LogP contribution in [-0.4, -0.2) is 46.4 Å². The Morgan fingerprint density at radius 2 is 1.96 bits per heavy atom. The van der Waals surface area contributed by atoms with Gasteiger partial charge in [0.05, 0.1) is 29.4 Å². The number of fused-ring (bicyclic) bond motifs is 3. The highest BCUT2D eigenvalue weighted by Crippen LogP contribution is 2.34. The van der Waals surface area contributed by atoms with Gasteiger partial charge in [-0.1, -0.05) is 19.3 Å². The van der Waals surface area contributed by atoms with E-state index in [0.29, 0.717) is 28.3 Å². The monoisotopic (exact) mass is 382 g/mol. The maximum Gasteiger partial charge on any atom is 0.274 e. The van der Waals surface area contributed by atoms with Crippen molar-refractivity contribution in [1.82, 2.24) is 19.3 Å². The van der Waals surface area contributed by atoms with Crippen LogP contribution in [0.3, 0.4) is 0 Å². The lowest BCUT2D eigenvalue weighted by Crippen LogP contribution is -2.23. The number of amides is 1. The molecule has 1 N–H and O–H groups in total. The van der Waals surface area contributed by atoms with Crippen molar-refractivity contribution in [2.24, 2.45) is 0 Å². The van der Waals surface area contributed by atoms with E-state index in [2.05, 4.69) is 4.98 Å². The van der Waals surface area contributed by atoms with Crippen LogP contribution in [0.4, 0.5) is 0 Å². The number of aromatic amines is 1. The van der Waals surface area contributed by atoms with Crippen LogP contribution in [0.2, 0.25) is 0 Å². The van der Waals surface area contributed by atoms with Gasteiger partial charge in [0.25, 0.3) is 11.5 Å². The first-order valence-electron chi connectivity index (χ1n) is 9.77. The van der Waals surface area contributed by atoms with Crippen molar-refractivity contribution in [3.05, 3.63) is 39.6 Å². The molecule has 3 aromatic rings. The molecular weight excluding hydrogens is 356 g/mol. The molecule has 0 unspecified atom stereocenters. The van der Waals surface area contributed by atoms with Crippen LogP contribution in [0.5, 0.6) is 5.75 Å². The maximum absolute atomic E-state index is 12.8. The normalized spacial score (nSPS) is 15.3. The molecule has 1 saturated carbocycles. The fraction of sp³-hybridized carbons (Fsp3) is 0.476. The zero-order valence-electron chi connectivity index (χ0n) is 16.8. The summed E-state index contributed by atoms with van der Waals surface area (Å²) in [7, 11) is 4.94. The van der Waals surface area contributed by atoms with Crippen molar-refractivity contribution in [2.45, 2.75) is 44.9 Å². The summed E-state index contributed by atoms with van der Waals surface area (Å²) in [6.45, 7) is 1.88. The fourth-order valence-electron chi connectivity index (χ4n) is 4.31. The van der Waals surface area contributed by atoms with E-state index in [4.69, 9.17) is 9.72 Å². The SMILES string of the molecule is COc1cc2c(cc1C(=O)N(C)C)[nH]c(=O)c1c(C)nc(C3CCCCC3)n12. The molecule has 0 bridgehead atoms. The second-order valence-corrected chi connectivity index (χ2v) is 7.80. The molecule has 148 valence electrons. The van der Waals surface area contributed by atoms with Gasteiger partial charge in [0.2, 0.25) is 0 Å². The number of hydrogen-bond acceptors (Lipinski definition) is 4. The van der Waals surface area contributed by atoms with Crippen LogP contribution in [0.1, 0.15) is 59.9 Å². The second kappa shape index (κ2) is 6.96. The molecule has 2 aromatic heterocycles. The molecule has 4 rings (SSSR count). The minimum absolute atomic E-state index is 0.172. The van der Waals surface area contributed by atoms with Crippen LogP contribution in [-0.2, 0) is 0 Å².